The van der Waals surface area contributed by atoms with Crippen LogP contribution in [0.25, 0.3) is 6.08 Å². The van der Waals surface area contributed by atoms with E-state index in [-0.39, 0.29) is 6.54 Å². The molecule has 1 aromatic carbocycles. The highest BCUT2D eigenvalue weighted by Crippen LogP contribution is 2.16. The Balaban J connectivity index is 2.86. The van der Waals surface area contributed by atoms with Gasteiger partial charge in [-0.1, -0.05) is 18.2 Å². The lowest BCUT2D eigenvalue weighted by molar-refractivity contribution is -0.139. The molecule has 0 bridgehead atoms. The fraction of sp³-hybridized carbons (Fsp3) is 0.267. The molecule has 1 N–H and O–H groups in total. The number of para-hydroxylation sites is 1. The van der Waals surface area contributed by atoms with Crippen LogP contribution in [-0.2, 0) is 19.1 Å². The van der Waals surface area contributed by atoms with Crippen molar-refractivity contribution in [2.75, 3.05) is 25.7 Å². The van der Waals surface area contributed by atoms with Crippen LogP contribution in [0.15, 0.2) is 30.3 Å². The lowest BCUT2D eigenvalue weighted by Crippen LogP contribution is -2.35. The van der Waals surface area contributed by atoms with E-state index in [9.17, 15) is 14.4 Å². The smallest absolute Gasteiger partial charge is 0.253 e. The molecule has 1 rings (SSSR count). The molecule has 0 fully saturated rings. The number of nitrogens with zero attached hydrogens (tertiary/aromatic N) is 1. The Labute approximate surface area is 123 Å². The van der Waals surface area contributed by atoms with Crippen LogP contribution in [0.2, 0.25) is 0 Å². The summed E-state index contributed by atoms with van der Waals surface area (Å²) in [5.74, 6) is -1.06. The molecule has 0 aliphatic rings. The average Bonchev–Trinajstić information content (AvgIpc) is 2.48. The number of imide groups is 1. The number of methoxy groups -OCH3 is 1. The maximum Gasteiger partial charge on any atom is 0.253 e. The van der Waals surface area contributed by atoms with E-state index in [4.69, 9.17) is 4.74 Å². The summed E-state index contributed by atoms with van der Waals surface area (Å²) >= 11 is 0. The number of rotatable bonds is 7. The molecule has 21 heavy (non-hydrogen) atoms. The third-order valence-electron chi connectivity index (χ3n) is 2.64. The summed E-state index contributed by atoms with van der Waals surface area (Å²) in [4.78, 5) is 34.3. The molecule has 0 heterocycles. The number of carbonyl (C=O) groups is 2. The van der Waals surface area contributed by atoms with Crippen LogP contribution < -0.4 is 5.32 Å². The first-order chi connectivity index (χ1) is 10.1. The predicted octanol–water partition coefficient (Wildman–Crippen LogP) is 1.20. The molecule has 6 heteroatoms. The van der Waals surface area contributed by atoms with Crippen molar-refractivity contribution in [2.24, 2.45) is 0 Å². The van der Waals surface area contributed by atoms with Crippen LogP contribution in [0.3, 0.4) is 0 Å². The van der Waals surface area contributed by atoms with Crippen molar-refractivity contribution in [3.8, 4) is 0 Å². The topological polar surface area (TPSA) is 75.7 Å². The van der Waals surface area contributed by atoms with Gasteiger partial charge < -0.3 is 10.1 Å². The lowest BCUT2D eigenvalue weighted by Gasteiger charge is -2.13. The number of hydrogen-bond acceptors (Lipinski definition) is 5. The van der Waals surface area contributed by atoms with Crippen LogP contribution in [0.4, 0.5) is 5.69 Å². The Bertz CT molecular complexity index is 540. The maximum absolute atomic E-state index is 11.9. The molecular formula is C15H17N2O4. The summed E-state index contributed by atoms with van der Waals surface area (Å²) in [5, 5.41) is 3.04. The zero-order valence-corrected chi connectivity index (χ0v) is 12.0. The Hall–Kier alpha value is -2.47. The molecule has 6 nitrogen and oxygen atoms in total. The highest BCUT2D eigenvalue weighted by molar-refractivity contribution is 6.03. The van der Waals surface area contributed by atoms with Gasteiger partial charge in [-0.15, -0.1) is 0 Å². The molecule has 0 saturated heterocycles. The van der Waals surface area contributed by atoms with E-state index in [2.05, 4.69) is 5.32 Å². The van der Waals surface area contributed by atoms with Crippen molar-refractivity contribution >= 4 is 29.9 Å². The van der Waals surface area contributed by atoms with Gasteiger partial charge in [0, 0.05) is 25.8 Å². The highest BCUT2D eigenvalue weighted by Gasteiger charge is 2.14. The normalized spacial score (nSPS) is 10.4. The summed E-state index contributed by atoms with van der Waals surface area (Å²) in [6.45, 7) is 1.18. The summed E-state index contributed by atoms with van der Waals surface area (Å²) in [5.41, 5.74) is 1.56. The largest absolute Gasteiger partial charge is 0.365 e. The van der Waals surface area contributed by atoms with Crippen molar-refractivity contribution in [2.45, 2.75) is 6.92 Å². The van der Waals surface area contributed by atoms with Crippen LogP contribution >= 0.6 is 0 Å². The lowest BCUT2D eigenvalue weighted by atomic mass is 10.1. The van der Waals surface area contributed by atoms with Crippen molar-refractivity contribution in [3.63, 3.8) is 0 Å². The van der Waals surface area contributed by atoms with E-state index in [0.29, 0.717) is 6.73 Å². The third kappa shape index (κ3) is 5.19. The molecule has 1 radical (unpaired) electrons. The second kappa shape index (κ2) is 8.65. The van der Waals surface area contributed by atoms with Crippen LogP contribution in [0.5, 0.6) is 0 Å². The van der Waals surface area contributed by atoms with Crippen LogP contribution in [-0.4, -0.2) is 43.4 Å². The first-order valence-corrected chi connectivity index (χ1v) is 6.27. The van der Waals surface area contributed by atoms with Crippen molar-refractivity contribution in [1.82, 2.24) is 4.90 Å². The average molecular weight is 289 g/mol. The molecule has 0 atom stereocenters. The monoisotopic (exact) mass is 289 g/mol. The van der Waals surface area contributed by atoms with Crippen molar-refractivity contribution in [1.29, 1.82) is 0 Å². The van der Waals surface area contributed by atoms with Gasteiger partial charge in [0.05, 0.1) is 6.54 Å². The van der Waals surface area contributed by atoms with Gasteiger partial charge in [-0.3, -0.25) is 19.3 Å². The fourth-order valence-corrected chi connectivity index (χ4v) is 1.61. The van der Waals surface area contributed by atoms with Gasteiger partial charge in [-0.05, 0) is 17.7 Å². The number of ether oxygens (including phenoxy) is 1. The van der Waals surface area contributed by atoms with Gasteiger partial charge in [0.25, 0.3) is 5.91 Å². The number of benzene rings is 1. The van der Waals surface area contributed by atoms with Crippen molar-refractivity contribution < 1.29 is 19.1 Å². The SMILES string of the molecule is COCNc1ccccc1/C=C/C(=O)N(C[C]=O)C(C)=O. The van der Waals surface area contributed by atoms with E-state index >= 15 is 0 Å². The van der Waals surface area contributed by atoms with E-state index in [0.717, 1.165) is 16.2 Å². The number of hydrogen-bond donors (Lipinski definition) is 1. The van der Waals surface area contributed by atoms with Crippen LogP contribution in [0, 0.1) is 0 Å². The molecule has 0 aromatic heterocycles. The van der Waals surface area contributed by atoms with Crippen LogP contribution in [0.1, 0.15) is 12.5 Å². The Morgan fingerprint density at radius 3 is 2.71 bits per heavy atom. The van der Waals surface area contributed by atoms with E-state index in [1.807, 2.05) is 24.3 Å². The Morgan fingerprint density at radius 1 is 1.38 bits per heavy atom. The minimum absolute atomic E-state index is 0.332. The first-order valence-electron chi connectivity index (χ1n) is 6.27. The van der Waals surface area contributed by atoms with E-state index in [1.54, 1.807) is 13.2 Å². The summed E-state index contributed by atoms with van der Waals surface area (Å²) in [7, 11) is 1.57. The second-order valence-electron chi connectivity index (χ2n) is 4.12. The number of amides is 2. The summed E-state index contributed by atoms with van der Waals surface area (Å²) in [6.07, 6.45) is 4.35. The zero-order chi connectivity index (χ0) is 15.7. The highest BCUT2D eigenvalue weighted by atomic mass is 16.5. The standard InChI is InChI=1S/C15H17N2O4/c1-12(19)17(9-10-18)15(20)8-7-13-5-3-4-6-14(13)16-11-21-2/h3-8,16H,9,11H2,1-2H3/b8-7+. The fourth-order valence-electron chi connectivity index (χ4n) is 1.61. The second-order valence-corrected chi connectivity index (χ2v) is 4.12. The Morgan fingerprint density at radius 2 is 2.10 bits per heavy atom. The molecular weight excluding hydrogens is 272 g/mol. The third-order valence-corrected chi connectivity index (χ3v) is 2.64. The molecule has 2 amide bonds. The maximum atomic E-state index is 11.9. The molecule has 0 saturated carbocycles. The van der Waals surface area contributed by atoms with E-state index < -0.39 is 11.8 Å². The molecule has 0 unspecified atom stereocenters. The minimum Gasteiger partial charge on any atom is -0.365 e. The Kier molecular flexibility index (Phi) is 6.83. The quantitative estimate of drug-likeness (QED) is 0.603. The van der Waals surface area contributed by atoms with Gasteiger partial charge in [-0.2, -0.15) is 0 Å². The first kappa shape index (κ1) is 16.6. The van der Waals surface area contributed by atoms with Gasteiger partial charge in [-0.25, -0.2) is 0 Å². The van der Waals surface area contributed by atoms with Crippen molar-refractivity contribution in [3.05, 3.63) is 35.9 Å². The predicted molar refractivity (Wildman–Crippen MR) is 79.1 cm³/mol. The number of nitrogens with one attached hydrogen (secondary N) is 1. The zero-order valence-electron chi connectivity index (χ0n) is 12.0. The summed E-state index contributed by atoms with van der Waals surface area (Å²) in [6, 6.07) is 7.32. The minimum atomic E-state index is -0.563. The molecule has 1 aromatic rings. The molecule has 111 valence electrons. The number of carbonyl (C=O) groups excluding carboxylic acids is 3. The van der Waals surface area contributed by atoms with Gasteiger partial charge in [0.1, 0.15) is 6.73 Å². The molecule has 0 aliphatic carbocycles. The van der Waals surface area contributed by atoms with Gasteiger partial charge >= 0.3 is 0 Å². The van der Waals surface area contributed by atoms with Gasteiger partial charge in [0.15, 0.2) is 0 Å². The van der Waals surface area contributed by atoms with Gasteiger partial charge in [0.2, 0.25) is 12.2 Å². The molecule has 0 aliphatic heterocycles. The van der Waals surface area contributed by atoms with E-state index in [1.165, 1.54) is 19.3 Å². The number of anilines is 1. The molecule has 0 spiro atoms. The summed E-state index contributed by atoms with van der Waals surface area (Å²) < 4.78 is 4.93.